The van der Waals surface area contributed by atoms with Gasteiger partial charge in [-0.1, -0.05) is 18.2 Å². The maximum absolute atomic E-state index is 12.3. The molecule has 1 amide bonds. The zero-order valence-corrected chi connectivity index (χ0v) is 10.9. The number of aromatic nitrogens is 3. The van der Waals surface area contributed by atoms with Gasteiger partial charge in [0, 0.05) is 11.6 Å². The van der Waals surface area contributed by atoms with Crippen LogP contribution in [0.2, 0.25) is 0 Å². The number of carbonyl (C=O) groups is 1. The topological polar surface area (TPSA) is 67.8 Å². The number of nitrogens with one attached hydrogen (secondary N) is 1. The molecule has 1 N–H and O–H groups in total. The molecule has 0 spiro atoms. The molecule has 98 valence electrons. The fraction of sp³-hybridized carbons (Fsp3) is 0.0667. The van der Waals surface area contributed by atoms with Gasteiger partial charge in [0.15, 0.2) is 0 Å². The zero-order valence-electron chi connectivity index (χ0n) is 10.9. The van der Waals surface area contributed by atoms with E-state index in [0.29, 0.717) is 17.1 Å². The number of hydrogen-bond acceptors (Lipinski definition) is 4. The molecule has 0 fully saturated rings. The van der Waals surface area contributed by atoms with Crippen LogP contribution in [0.3, 0.4) is 0 Å². The molecule has 0 aliphatic rings. The van der Waals surface area contributed by atoms with Gasteiger partial charge in [0.2, 0.25) is 0 Å². The Kier molecular flexibility index (Phi) is 3.09. The maximum Gasteiger partial charge on any atom is 0.258 e. The first-order chi connectivity index (χ1) is 9.74. The highest BCUT2D eigenvalue weighted by Crippen LogP contribution is 2.17. The minimum Gasteiger partial charge on any atom is -0.306 e. The van der Waals surface area contributed by atoms with Crippen molar-refractivity contribution < 1.29 is 4.79 Å². The number of fused-ring (bicyclic) bond motifs is 1. The third-order valence-electron chi connectivity index (χ3n) is 2.98. The van der Waals surface area contributed by atoms with E-state index in [1.165, 1.54) is 6.33 Å². The number of aryl methyl sites for hydroxylation is 1. The number of amides is 1. The second-order valence-corrected chi connectivity index (χ2v) is 4.36. The van der Waals surface area contributed by atoms with Gasteiger partial charge >= 0.3 is 0 Å². The van der Waals surface area contributed by atoms with Crippen molar-refractivity contribution in [3.8, 4) is 0 Å². The SMILES string of the molecule is Cc1nc2ccccc2cc1C(=O)Nc1ccncn1. The Hall–Kier alpha value is -2.82. The van der Waals surface area contributed by atoms with Crippen LogP contribution >= 0.6 is 0 Å². The number of hydrogen-bond donors (Lipinski definition) is 1. The fourth-order valence-corrected chi connectivity index (χ4v) is 1.99. The summed E-state index contributed by atoms with van der Waals surface area (Å²) in [5.74, 6) is 0.247. The number of nitrogens with zero attached hydrogens (tertiary/aromatic N) is 3. The molecule has 0 bridgehead atoms. The minimum atomic E-state index is -0.223. The molecule has 1 aromatic carbocycles. The lowest BCUT2D eigenvalue weighted by Gasteiger charge is -2.08. The van der Waals surface area contributed by atoms with E-state index in [-0.39, 0.29) is 5.91 Å². The van der Waals surface area contributed by atoms with Gasteiger partial charge in [0.25, 0.3) is 5.91 Å². The van der Waals surface area contributed by atoms with Gasteiger partial charge in [-0.3, -0.25) is 9.78 Å². The van der Waals surface area contributed by atoms with E-state index in [1.54, 1.807) is 12.3 Å². The Bertz CT molecular complexity index is 771. The van der Waals surface area contributed by atoms with Crippen LogP contribution in [0, 0.1) is 6.92 Å². The molecular formula is C15H12N4O. The highest BCUT2D eigenvalue weighted by atomic mass is 16.1. The Labute approximate surface area is 115 Å². The van der Waals surface area contributed by atoms with E-state index in [9.17, 15) is 4.79 Å². The number of benzene rings is 1. The third-order valence-corrected chi connectivity index (χ3v) is 2.98. The summed E-state index contributed by atoms with van der Waals surface area (Å²) in [6.45, 7) is 1.82. The van der Waals surface area contributed by atoms with Crippen molar-refractivity contribution in [3.05, 3.63) is 60.2 Å². The van der Waals surface area contributed by atoms with Crippen LogP contribution in [0.5, 0.6) is 0 Å². The molecule has 2 aromatic heterocycles. The van der Waals surface area contributed by atoms with Crippen molar-refractivity contribution in [2.24, 2.45) is 0 Å². The number of rotatable bonds is 2. The third kappa shape index (κ3) is 2.33. The van der Waals surface area contributed by atoms with Crippen LogP contribution in [0.1, 0.15) is 16.1 Å². The van der Waals surface area contributed by atoms with Crippen LogP contribution in [0.15, 0.2) is 48.9 Å². The molecule has 0 atom stereocenters. The summed E-state index contributed by atoms with van der Waals surface area (Å²) in [6, 6.07) is 11.2. The minimum absolute atomic E-state index is 0.223. The lowest BCUT2D eigenvalue weighted by molar-refractivity contribution is 0.102. The highest BCUT2D eigenvalue weighted by molar-refractivity contribution is 6.06. The first kappa shape index (κ1) is 12.2. The summed E-state index contributed by atoms with van der Waals surface area (Å²) in [6.07, 6.45) is 2.97. The quantitative estimate of drug-likeness (QED) is 0.772. The molecule has 0 aliphatic heterocycles. The molecular weight excluding hydrogens is 252 g/mol. The van der Waals surface area contributed by atoms with Crippen LogP contribution in [-0.2, 0) is 0 Å². The Morgan fingerprint density at radius 1 is 1.20 bits per heavy atom. The highest BCUT2D eigenvalue weighted by Gasteiger charge is 2.12. The molecule has 0 aliphatic carbocycles. The number of carbonyl (C=O) groups excluding carboxylic acids is 1. The summed E-state index contributed by atoms with van der Waals surface area (Å²) in [5.41, 5.74) is 2.11. The van der Waals surface area contributed by atoms with Gasteiger partial charge in [-0.05, 0) is 25.1 Å². The monoisotopic (exact) mass is 264 g/mol. The molecule has 3 rings (SSSR count). The van der Waals surface area contributed by atoms with Gasteiger partial charge in [-0.15, -0.1) is 0 Å². The van der Waals surface area contributed by atoms with E-state index in [2.05, 4.69) is 20.3 Å². The standard InChI is InChI=1S/C15H12N4O/c1-10-12(8-11-4-2-3-5-13(11)18-10)15(20)19-14-6-7-16-9-17-14/h2-9H,1H3,(H,16,17,19,20). The predicted octanol–water partition coefficient (Wildman–Crippen LogP) is 2.59. The van der Waals surface area contributed by atoms with Gasteiger partial charge in [-0.25, -0.2) is 9.97 Å². The molecule has 5 heteroatoms. The Balaban J connectivity index is 1.97. The number of anilines is 1. The van der Waals surface area contributed by atoms with Crippen LogP contribution in [0.4, 0.5) is 5.82 Å². The Morgan fingerprint density at radius 3 is 2.85 bits per heavy atom. The smallest absolute Gasteiger partial charge is 0.258 e. The molecule has 5 nitrogen and oxygen atoms in total. The van der Waals surface area contributed by atoms with Crippen molar-refractivity contribution in [1.82, 2.24) is 15.0 Å². The fourth-order valence-electron chi connectivity index (χ4n) is 1.99. The lowest BCUT2D eigenvalue weighted by atomic mass is 10.1. The first-order valence-electron chi connectivity index (χ1n) is 6.18. The van der Waals surface area contributed by atoms with Crippen molar-refractivity contribution in [3.63, 3.8) is 0 Å². The summed E-state index contributed by atoms with van der Waals surface area (Å²) in [7, 11) is 0. The van der Waals surface area contributed by atoms with E-state index in [0.717, 1.165) is 10.9 Å². The zero-order chi connectivity index (χ0) is 13.9. The van der Waals surface area contributed by atoms with Crippen molar-refractivity contribution in [2.45, 2.75) is 6.92 Å². The lowest BCUT2D eigenvalue weighted by Crippen LogP contribution is -2.15. The largest absolute Gasteiger partial charge is 0.306 e. The number of pyridine rings is 1. The predicted molar refractivity (Wildman–Crippen MR) is 76.5 cm³/mol. The molecule has 0 saturated carbocycles. The second kappa shape index (κ2) is 5.05. The van der Waals surface area contributed by atoms with E-state index in [1.807, 2.05) is 37.3 Å². The first-order valence-corrected chi connectivity index (χ1v) is 6.18. The summed E-state index contributed by atoms with van der Waals surface area (Å²) < 4.78 is 0. The molecule has 0 radical (unpaired) electrons. The van der Waals surface area contributed by atoms with E-state index < -0.39 is 0 Å². The van der Waals surface area contributed by atoms with E-state index >= 15 is 0 Å². The van der Waals surface area contributed by atoms with Crippen molar-refractivity contribution in [1.29, 1.82) is 0 Å². The second-order valence-electron chi connectivity index (χ2n) is 4.36. The van der Waals surface area contributed by atoms with Crippen LogP contribution < -0.4 is 5.32 Å². The van der Waals surface area contributed by atoms with Crippen molar-refractivity contribution >= 4 is 22.6 Å². The van der Waals surface area contributed by atoms with Crippen molar-refractivity contribution in [2.75, 3.05) is 5.32 Å². The molecule has 0 saturated heterocycles. The Morgan fingerprint density at radius 2 is 2.05 bits per heavy atom. The molecule has 0 unspecified atom stereocenters. The molecule has 3 aromatic rings. The molecule has 2 heterocycles. The maximum atomic E-state index is 12.3. The average Bonchev–Trinajstić information content (AvgIpc) is 2.47. The normalized spacial score (nSPS) is 10.4. The van der Waals surface area contributed by atoms with Crippen LogP contribution in [-0.4, -0.2) is 20.9 Å². The molecule has 20 heavy (non-hydrogen) atoms. The average molecular weight is 264 g/mol. The van der Waals surface area contributed by atoms with Gasteiger partial charge in [0.1, 0.15) is 12.1 Å². The summed E-state index contributed by atoms with van der Waals surface area (Å²) >= 11 is 0. The summed E-state index contributed by atoms with van der Waals surface area (Å²) in [5, 5.41) is 3.67. The van der Waals surface area contributed by atoms with Gasteiger partial charge in [-0.2, -0.15) is 0 Å². The number of para-hydroxylation sites is 1. The van der Waals surface area contributed by atoms with E-state index in [4.69, 9.17) is 0 Å². The summed E-state index contributed by atoms with van der Waals surface area (Å²) in [4.78, 5) is 24.5. The van der Waals surface area contributed by atoms with Gasteiger partial charge < -0.3 is 5.32 Å². The van der Waals surface area contributed by atoms with Crippen LogP contribution in [0.25, 0.3) is 10.9 Å². The van der Waals surface area contributed by atoms with Gasteiger partial charge in [0.05, 0.1) is 16.8 Å².